The van der Waals surface area contributed by atoms with Gasteiger partial charge >= 0.3 is 0 Å². The van der Waals surface area contributed by atoms with Crippen molar-refractivity contribution >= 4 is 5.78 Å². The van der Waals surface area contributed by atoms with Crippen LogP contribution in [0, 0.1) is 28.6 Å². The summed E-state index contributed by atoms with van der Waals surface area (Å²) in [7, 11) is 0. The van der Waals surface area contributed by atoms with Gasteiger partial charge in [0.05, 0.1) is 6.10 Å². The largest absolute Gasteiger partial charge is 0.393 e. The molecule has 3 aliphatic carbocycles. The minimum atomic E-state index is -0.0751. The summed E-state index contributed by atoms with van der Waals surface area (Å²) in [6.45, 7) is 6.52. The summed E-state index contributed by atoms with van der Waals surface area (Å²) < 4.78 is 0. The fraction of sp³-hybridized carbons (Fsp3) is 0.947. The lowest BCUT2D eigenvalue weighted by molar-refractivity contribution is -0.119. The van der Waals surface area contributed by atoms with Crippen LogP contribution < -0.4 is 0 Å². The van der Waals surface area contributed by atoms with Crippen LogP contribution in [-0.2, 0) is 4.79 Å². The first-order chi connectivity index (χ1) is 9.87. The maximum Gasteiger partial charge on any atom is 0.129 e. The Morgan fingerprint density at radius 1 is 1.10 bits per heavy atom. The van der Waals surface area contributed by atoms with E-state index in [0.717, 1.165) is 37.0 Å². The standard InChI is InChI=1S/C19H32O2/c1-13(20)8-11-18(2)10-4-5-14-15(18)9-12-19(3)16(14)6-7-17(19)21/h14-17,21H,4-12H2,1-3H3. The highest BCUT2D eigenvalue weighted by molar-refractivity contribution is 5.75. The number of fused-ring (bicyclic) bond motifs is 3. The zero-order valence-corrected chi connectivity index (χ0v) is 14.0. The van der Waals surface area contributed by atoms with Crippen molar-refractivity contribution in [3.63, 3.8) is 0 Å². The Balaban J connectivity index is 1.80. The summed E-state index contributed by atoms with van der Waals surface area (Å²) in [4.78, 5) is 11.4. The van der Waals surface area contributed by atoms with Crippen molar-refractivity contribution < 1.29 is 9.90 Å². The molecule has 6 atom stereocenters. The lowest BCUT2D eigenvalue weighted by atomic mass is 9.49. The van der Waals surface area contributed by atoms with Gasteiger partial charge in [-0.1, -0.05) is 20.3 Å². The second kappa shape index (κ2) is 5.37. The molecule has 2 heteroatoms. The van der Waals surface area contributed by atoms with Gasteiger partial charge in [-0.25, -0.2) is 0 Å². The second-order valence-corrected chi connectivity index (χ2v) is 8.76. The van der Waals surface area contributed by atoms with Gasteiger partial charge < -0.3 is 9.90 Å². The van der Waals surface area contributed by atoms with Gasteiger partial charge in [0.2, 0.25) is 0 Å². The molecule has 21 heavy (non-hydrogen) atoms. The van der Waals surface area contributed by atoms with Crippen LogP contribution in [0.3, 0.4) is 0 Å². The predicted molar refractivity (Wildman–Crippen MR) is 84.9 cm³/mol. The Hall–Kier alpha value is -0.370. The first kappa shape index (κ1) is 15.5. The van der Waals surface area contributed by atoms with Crippen LogP contribution in [0.15, 0.2) is 0 Å². The number of carbonyl (C=O) groups is 1. The number of hydrogen-bond acceptors (Lipinski definition) is 2. The smallest absolute Gasteiger partial charge is 0.129 e. The maximum atomic E-state index is 11.4. The van der Waals surface area contributed by atoms with Crippen molar-refractivity contribution in [1.82, 2.24) is 0 Å². The number of aliphatic hydroxyl groups is 1. The van der Waals surface area contributed by atoms with Gasteiger partial charge in [-0.3, -0.25) is 0 Å². The summed E-state index contributed by atoms with van der Waals surface area (Å²) >= 11 is 0. The van der Waals surface area contributed by atoms with E-state index in [2.05, 4.69) is 13.8 Å². The number of Topliss-reactive ketones (excluding diaryl/α,β-unsaturated/α-hetero) is 1. The Labute approximate surface area is 129 Å². The predicted octanol–water partition coefficient (Wildman–Crippen LogP) is 4.35. The van der Waals surface area contributed by atoms with Crippen LogP contribution in [0.1, 0.15) is 78.6 Å². The third-order valence-electron chi connectivity index (χ3n) is 7.62. The molecule has 1 N–H and O–H groups in total. The summed E-state index contributed by atoms with van der Waals surface area (Å²) in [6.07, 6.45) is 10.4. The van der Waals surface area contributed by atoms with Crippen LogP contribution in [-0.4, -0.2) is 17.0 Å². The number of aliphatic hydroxyl groups excluding tert-OH is 1. The first-order valence-electron chi connectivity index (χ1n) is 9.04. The van der Waals surface area contributed by atoms with E-state index in [1.54, 1.807) is 6.92 Å². The molecule has 120 valence electrons. The van der Waals surface area contributed by atoms with Crippen molar-refractivity contribution in [2.45, 2.75) is 84.7 Å². The molecule has 3 saturated carbocycles. The molecule has 6 unspecified atom stereocenters. The van der Waals surface area contributed by atoms with E-state index in [4.69, 9.17) is 0 Å². The van der Waals surface area contributed by atoms with Gasteiger partial charge in [0, 0.05) is 6.42 Å². The van der Waals surface area contributed by atoms with E-state index >= 15 is 0 Å². The molecule has 2 nitrogen and oxygen atoms in total. The van der Waals surface area contributed by atoms with E-state index < -0.39 is 0 Å². The molecule has 0 spiro atoms. The molecule has 0 aromatic heterocycles. The molecule has 0 saturated heterocycles. The van der Waals surface area contributed by atoms with Gasteiger partial charge in [0.1, 0.15) is 5.78 Å². The molecule has 0 amide bonds. The molecule has 3 rings (SSSR count). The first-order valence-corrected chi connectivity index (χ1v) is 9.04. The molecule has 3 aliphatic rings. The van der Waals surface area contributed by atoms with Crippen molar-refractivity contribution in [3.8, 4) is 0 Å². The molecular formula is C19H32O2. The highest BCUT2D eigenvalue weighted by Crippen LogP contribution is 2.63. The van der Waals surface area contributed by atoms with Crippen LogP contribution in [0.4, 0.5) is 0 Å². The van der Waals surface area contributed by atoms with Crippen molar-refractivity contribution in [1.29, 1.82) is 0 Å². The fourth-order valence-corrected chi connectivity index (χ4v) is 6.23. The molecule has 0 radical (unpaired) electrons. The fourth-order valence-electron chi connectivity index (χ4n) is 6.23. The maximum absolute atomic E-state index is 11.4. The Morgan fingerprint density at radius 2 is 1.86 bits per heavy atom. The van der Waals surface area contributed by atoms with Crippen LogP contribution in [0.25, 0.3) is 0 Å². The quantitative estimate of drug-likeness (QED) is 0.839. The number of rotatable bonds is 3. The number of ketones is 1. The SMILES string of the molecule is CC(=O)CCC1(C)CCCC2C1CCC1(C)C(O)CCC21. The minimum absolute atomic E-state index is 0.0751. The highest BCUT2D eigenvalue weighted by atomic mass is 16.3. The summed E-state index contributed by atoms with van der Waals surface area (Å²) in [5.74, 6) is 2.65. The lowest BCUT2D eigenvalue weighted by Gasteiger charge is -2.56. The molecule has 3 fully saturated rings. The molecule has 0 bridgehead atoms. The summed E-state index contributed by atoms with van der Waals surface area (Å²) in [5, 5.41) is 10.4. The van der Waals surface area contributed by atoms with E-state index in [1.807, 2.05) is 0 Å². The van der Waals surface area contributed by atoms with E-state index in [9.17, 15) is 9.90 Å². The zero-order chi connectivity index (χ0) is 15.3. The van der Waals surface area contributed by atoms with Gasteiger partial charge in [0.25, 0.3) is 0 Å². The zero-order valence-electron chi connectivity index (χ0n) is 14.0. The Morgan fingerprint density at radius 3 is 2.57 bits per heavy atom. The molecule has 0 aliphatic heterocycles. The lowest BCUT2D eigenvalue weighted by Crippen LogP contribution is -2.49. The van der Waals surface area contributed by atoms with Crippen LogP contribution >= 0.6 is 0 Å². The van der Waals surface area contributed by atoms with Gasteiger partial charge in [-0.05, 0) is 80.5 Å². The highest BCUT2D eigenvalue weighted by Gasteiger charge is 2.57. The van der Waals surface area contributed by atoms with E-state index in [0.29, 0.717) is 11.2 Å². The summed E-state index contributed by atoms with van der Waals surface area (Å²) in [5.41, 5.74) is 0.545. The van der Waals surface area contributed by atoms with Crippen LogP contribution in [0.5, 0.6) is 0 Å². The van der Waals surface area contributed by atoms with Gasteiger partial charge in [-0.2, -0.15) is 0 Å². The van der Waals surface area contributed by atoms with Gasteiger partial charge in [-0.15, -0.1) is 0 Å². The van der Waals surface area contributed by atoms with E-state index in [1.165, 1.54) is 38.5 Å². The molecular weight excluding hydrogens is 260 g/mol. The average molecular weight is 292 g/mol. The van der Waals surface area contributed by atoms with Crippen molar-refractivity contribution in [2.75, 3.05) is 0 Å². The molecule has 0 aromatic carbocycles. The number of hydrogen-bond donors (Lipinski definition) is 1. The Bertz CT molecular complexity index is 418. The third-order valence-corrected chi connectivity index (χ3v) is 7.62. The molecule has 0 heterocycles. The average Bonchev–Trinajstić information content (AvgIpc) is 2.73. The number of carbonyl (C=O) groups excluding carboxylic acids is 1. The normalized spacial score (nSPS) is 49.5. The third kappa shape index (κ3) is 2.48. The monoisotopic (exact) mass is 292 g/mol. The minimum Gasteiger partial charge on any atom is -0.393 e. The van der Waals surface area contributed by atoms with Crippen LogP contribution in [0.2, 0.25) is 0 Å². The topological polar surface area (TPSA) is 37.3 Å². The van der Waals surface area contributed by atoms with Crippen molar-refractivity contribution in [2.24, 2.45) is 28.6 Å². The molecule has 0 aromatic rings. The summed E-state index contributed by atoms with van der Waals surface area (Å²) in [6, 6.07) is 0. The second-order valence-electron chi connectivity index (χ2n) is 8.76. The van der Waals surface area contributed by atoms with E-state index in [-0.39, 0.29) is 11.5 Å². The Kier molecular flexibility index (Phi) is 3.97. The van der Waals surface area contributed by atoms with Gasteiger partial charge in [0.15, 0.2) is 0 Å². The van der Waals surface area contributed by atoms with Crippen molar-refractivity contribution in [3.05, 3.63) is 0 Å².